The number of hydrogen-bond acceptors (Lipinski definition) is 7. The molecule has 0 spiro atoms. The Morgan fingerprint density at radius 2 is 1.62 bits per heavy atom. The van der Waals surface area contributed by atoms with Gasteiger partial charge in [0.1, 0.15) is 34.3 Å². The average molecular weight is 675 g/mol. The molecule has 0 radical (unpaired) electrons. The van der Waals surface area contributed by atoms with Crippen LogP contribution < -0.4 is 15.4 Å². The molecule has 0 saturated heterocycles. The fourth-order valence-corrected chi connectivity index (χ4v) is 4.59. The monoisotopic (exact) mass is 674 g/mol. The molecule has 10 nitrogen and oxygen atoms in total. The minimum absolute atomic E-state index is 0.0788. The minimum Gasteiger partial charge on any atom is -0.457 e. The van der Waals surface area contributed by atoms with E-state index in [2.05, 4.69) is 30.2 Å². The smallest absolute Gasteiger partial charge is 0.432 e. The first-order chi connectivity index (χ1) is 22.7. The summed E-state index contributed by atoms with van der Waals surface area (Å²) in [6.45, 7) is 0. The highest BCUT2D eigenvalue weighted by Crippen LogP contribution is 2.38. The Morgan fingerprint density at radius 3 is 2.33 bits per heavy atom. The van der Waals surface area contributed by atoms with Gasteiger partial charge < -0.3 is 24.9 Å². The number of anilines is 3. The molecule has 6 aromatic rings. The third-order valence-corrected chi connectivity index (χ3v) is 6.85. The van der Waals surface area contributed by atoms with Crippen molar-refractivity contribution in [1.82, 2.24) is 29.5 Å². The van der Waals surface area contributed by atoms with Gasteiger partial charge in [-0.15, -0.1) is 0 Å². The normalized spacial score (nSPS) is 11.9. The van der Waals surface area contributed by atoms with Gasteiger partial charge in [-0.3, -0.25) is 9.78 Å². The van der Waals surface area contributed by atoms with E-state index < -0.39 is 52.5 Å². The topological polar surface area (TPSA) is 123 Å². The third-order valence-electron chi connectivity index (χ3n) is 6.85. The number of nitrogens with one attached hydrogen (secondary N) is 3. The molecule has 3 N–H and O–H groups in total. The fraction of sp³-hybridized carbons (Fsp3) is 0.100. The molecular formula is C30H18F8N8O2. The highest BCUT2D eigenvalue weighted by molar-refractivity contribution is 6.05. The van der Waals surface area contributed by atoms with Gasteiger partial charge in [0.15, 0.2) is 5.82 Å². The van der Waals surface area contributed by atoms with Gasteiger partial charge >= 0.3 is 12.4 Å². The van der Waals surface area contributed by atoms with Gasteiger partial charge in [0.05, 0.1) is 28.5 Å². The maximum Gasteiger partial charge on any atom is 0.432 e. The van der Waals surface area contributed by atoms with Crippen LogP contribution in [0.5, 0.6) is 11.5 Å². The van der Waals surface area contributed by atoms with E-state index in [1.807, 2.05) is 5.32 Å². The number of benzene rings is 2. The van der Waals surface area contributed by atoms with Gasteiger partial charge in [-0.05, 0) is 42.5 Å². The van der Waals surface area contributed by atoms with E-state index in [0.717, 1.165) is 12.3 Å². The standard InChI is InChI=1S/C30H18F8N8O2/c1-46-22-5-3-15(48-16-6-8-39-21(12-16)26-41-13-23(45-26)30(36,37)38)11-20(22)44-28(46)42-14-2-4-19(17(10-14)29(33,34)35)43-27(47)24-18(31)7-9-40-25(24)32/h2-13H,1H3,(H,41,45)(H,42,44)(H,43,47). The molecule has 0 fully saturated rings. The molecule has 0 aliphatic carbocycles. The zero-order chi connectivity index (χ0) is 34.4. The van der Waals surface area contributed by atoms with Crippen molar-refractivity contribution in [3.63, 3.8) is 0 Å². The van der Waals surface area contributed by atoms with E-state index in [-0.39, 0.29) is 34.7 Å². The van der Waals surface area contributed by atoms with Crippen LogP contribution in [0.3, 0.4) is 0 Å². The van der Waals surface area contributed by atoms with E-state index >= 15 is 0 Å². The number of aryl methyl sites for hydroxylation is 1. The number of nitrogens with zero attached hydrogens (tertiary/aromatic N) is 5. The molecule has 246 valence electrons. The SMILES string of the molecule is Cn1c(Nc2ccc(NC(=O)c3c(F)ccnc3F)c(C(F)(F)F)c2)nc2cc(Oc3ccnc(-c4ncc(C(F)(F)F)[nH]4)c3)ccc21. The fourth-order valence-electron chi connectivity index (χ4n) is 4.59. The van der Waals surface area contributed by atoms with E-state index in [1.54, 1.807) is 23.7 Å². The number of alkyl halides is 6. The molecule has 0 atom stereocenters. The van der Waals surface area contributed by atoms with E-state index in [1.165, 1.54) is 30.5 Å². The number of aromatic amines is 1. The van der Waals surface area contributed by atoms with Crippen LogP contribution in [0.2, 0.25) is 0 Å². The number of imidazole rings is 2. The number of fused-ring (bicyclic) bond motifs is 1. The van der Waals surface area contributed by atoms with Gasteiger partial charge in [0.25, 0.3) is 5.91 Å². The summed E-state index contributed by atoms with van der Waals surface area (Å²) in [5, 5.41) is 4.67. The number of hydrogen-bond donors (Lipinski definition) is 3. The molecule has 18 heteroatoms. The Labute approximate surface area is 263 Å². The first-order valence-electron chi connectivity index (χ1n) is 13.5. The highest BCUT2D eigenvalue weighted by atomic mass is 19.4. The molecule has 4 heterocycles. The van der Waals surface area contributed by atoms with E-state index in [4.69, 9.17) is 4.74 Å². The Balaban J connectivity index is 1.23. The van der Waals surface area contributed by atoms with Crippen LogP contribution in [0, 0.1) is 11.8 Å². The maximum absolute atomic E-state index is 14.0. The Morgan fingerprint density at radius 1 is 0.875 bits per heavy atom. The number of carbonyl (C=O) groups is 1. The first-order valence-corrected chi connectivity index (χ1v) is 13.5. The van der Waals surface area contributed by atoms with Gasteiger partial charge in [-0.1, -0.05) is 0 Å². The Kier molecular flexibility index (Phi) is 7.93. The van der Waals surface area contributed by atoms with Crippen LogP contribution in [0.15, 0.2) is 73.2 Å². The lowest BCUT2D eigenvalue weighted by Crippen LogP contribution is -2.19. The molecule has 2 aromatic carbocycles. The number of ether oxygens (including phenoxy) is 1. The van der Waals surface area contributed by atoms with Gasteiger partial charge in [0.2, 0.25) is 11.9 Å². The van der Waals surface area contributed by atoms with Crippen molar-refractivity contribution in [2.75, 3.05) is 10.6 Å². The van der Waals surface area contributed by atoms with Crippen LogP contribution in [-0.4, -0.2) is 35.4 Å². The van der Waals surface area contributed by atoms with Crippen molar-refractivity contribution in [3.05, 3.63) is 102 Å². The maximum atomic E-state index is 14.0. The number of carbonyl (C=O) groups excluding carboxylic acids is 1. The summed E-state index contributed by atoms with van der Waals surface area (Å²) < 4.78 is 116. The zero-order valence-corrected chi connectivity index (χ0v) is 24.0. The van der Waals surface area contributed by atoms with Crippen LogP contribution >= 0.6 is 0 Å². The summed E-state index contributed by atoms with van der Waals surface area (Å²) in [5.74, 6) is -3.75. The molecule has 0 saturated carbocycles. The lowest BCUT2D eigenvalue weighted by atomic mass is 10.1. The summed E-state index contributed by atoms with van der Waals surface area (Å²) in [7, 11) is 1.60. The van der Waals surface area contributed by atoms with Gasteiger partial charge in [-0.2, -0.15) is 30.7 Å². The van der Waals surface area contributed by atoms with Crippen molar-refractivity contribution >= 4 is 34.3 Å². The molecule has 4 aromatic heterocycles. The number of rotatable bonds is 7. The second kappa shape index (κ2) is 11.9. The summed E-state index contributed by atoms with van der Waals surface area (Å²) in [6.07, 6.45) is -6.86. The summed E-state index contributed by atoms with van der Waals surface area (Å²) in [5.41, 5.74) is -3.30. The Bertz CT molecular complexity index is 2150. The van der Waals surface area contributed by atoms with Crippen molar-refractivity contribution in [2.45, 2.75) is 12.4 Å². The van der Waals surface area contributed by atoms with Crippen molar-refractivity contribution in [2.24, 2.45) is 7.05 Å². The molecule has 48 heavy (non-hydrogen) atoms. The summed E-state index contributed by atoms with van der Waals surface area (Å²) >= 11 is 0. The molecule has 0 aliphatic rings. The first kappa shape index (κ1) is 31.9. The number of halogens is 8. The molecule has 0 aliphatic heterocycles. The van der Waals surface area contributed by atoms with Crippen molar-refractivity contribution in [3.8, 4) is 23.0 Å². The van der Waals surface area contributed by atoms with Gasteiger partial charge in [-0.25, -0.2) is 19.3 Å². The second-order valence-corrected chi connectivity index (χ2v) is 10.1. The number of H-pyrrole nitrogens is 1. The molecule has 1 amide bonds. The molecular weight excluding hydrogens is 656 g/mol. The number of amides is 1. The second-order valence-electron chi connectivity index (χ2n) is 10.1. The zero-order valence-electron chi connectivity index (χ0n) is 24.0. The van der Waals surface area contributed by atoms with Crippen LogP contribution in [0.4, 0.5) is 52.4 Å². The third kappa shape index (κ3) is 6.44. The number of pyridine rings is 2. The van der Waals surface area contributed by atoms with Crippen LogP contribution in [0.1, 0.15) is 21.6 Å². The predicted molar refractivity (Wildman–Crippen MR) is 154 cm³/mol. The predicted octanol–water partition coefficient (Wildman–Crippen LogP) is 7.86. The quantitative estimate of drug-likeness (QED) is 0.116. The summed E-state index contributed by atoms with van der Waals surface area (Å²) in [4.78, 5) is 29.9. The molecule has 0 unspecified atom stereocenters. The van der Waals surface area contributed by atoms with Gasteiger partial charge in [0, 0.05) is 37.3 Å². The van der Waals surface area contributed by atoms with Crippen LogP contribution in [-0.2, 0) is 19.4 Å². The van der Waals surface area contributed by atoms with Crippen molar-refractivity contribution < 1.29 is 44.7 Å². The molecule has 0 bridgehead atoms. The van der Waals surface area contributed by atoms with E-state index in [0.29, 0.717) is 29.4 Å². The lowest BCUT2D eigenvalue weighted by Gasteiger charge is -2.16. The largest absolute Gasteiger partial charge is 0.457 e. The molecule has 6 rings (SSSR count). The highest BCUT2D eigenvalue weighted by Gasteiger charge is 2.35. The van der Waals surface area contributed by atoms with Crippen molar-refractivity contribution in [1.29, 1.82) is 0 Å². The minimum atomic E-state index is -4.98. The average Bonchev–Trinajstić information content (AvgIpc) is 3.63. The van der Waals surface area contributed by atoms with E-state index in [9.17, 15) is 39.9 Å². The number of aromatic nitrogens is 6. The van der Waals surface area contributed by atoms with Crippen LogP contribution in [0.25, 0.3) is 22.6 Å². The summed E-state index contributed by atoms with van der Waals surface area (Å²) in [6, 6.07) is 11.1. The Hall–Kier alpha value is -6.07. The lowest BCUT2D eigenvalue weighted by molar-refractivity contribution is -0.141.